The highest BCUT2D eigenvalue weighted by Gasteiger charge is 2.29. The van der Waals surface area contributed by atoms with Gasteiger partial charge in [0.15, 0.2) is 0 Å². The lowest BCUT2D eigenvalue weighted by molar-refractivity contribution is -0.114. The number of anilines is 2. The van der Waals surface area contributed by atoms with Gasteiger partial charge in [-0.25, -0.2) is 8.42 Å². The fourth-order valence-electron chi connectivity index (χ4n) is 3.35. The zero-order valence-electron chi connectivity index (χ0n) is 16.7. The van der Waals surface area contributed by atoms with Gasteiger partial charge >= 0.3 is 0 Å². The maximum Gasteiger partial charge on any atom is 0.243 e. The molecule has 1 aliphatic rings. The molecule has 0 aliphatic carbocycles. The summed E-state index contributed by atoms with van der Waals surface area (Å²) < 4.78 is 32.8. The molecule has 0 spiro atoms. The van der Waals surface area contributed by atoms with Crippen LogP contribution in [-0.4, -0.2) is 44.4 Å². The van der Waals surface area contributed by atoms with E-state index in [0.717, 1.165) is 24.3 Å². The summed E-state index contributed by atoms with van der Waals surface area (Å²) >= 11 is 0. The maximum absolute atomic E-state index is 12.9. The van der Waals surface area contributed by atoms with Crippen LogP contribution in [0.5, 0.6) is 5.75 Å². The van der Waals surface area contributed by atoms with E-state index in [2.05, 4.69) is 10.6 Å². The zero-order chi connectivity index (χ0) is 20.9. The Morgan fingerprint density at radius 2 is 1.62 bits per heavy atom. The minimum Gasteiger partial charge on any atom is -0.494 e. The lowest BCUT2D eigenvalue weighted by atomic mass is 10.1. The topological polar surface area (TPSA) is 87.7 Å². The molecular weight excluding hydrogens is 390 g/mol. The number of rotatable bonds is 7. The normalized spacial score (nSPS) is 15.7. The fraction of sp³-hybridized carbons (Fsp3) is 0.381. The third kappa shape index (κ3) is 5.48. The fourth-order valence-corrected chi connectivity index (χ4v) is 4.82. The van der Waals surface area contributed by atoms with E-state index in [0.29, 0.717) is 25.4 Å². The molecular formula is C21H27N3O4S. The summed E-state index contributed by atoms with van der Waals surface area (Å²) in [4.78, 5) is 11.3. The second-order valence-corrected chi connectivity index (χ2v) is 8.92. The quantitative estimate of drug-likeness (QED) is 0.722. The number of carbonyl (C=O) groups excluding carboxylic acids is 1. The van der Waals surface area contributed by atoms with Crippen molar-refractivity contribution < 1.29 is 17.9 Å². The van der Waals surface area contributed by atoms with Crippen LogP contribution in [0.15, 0.2) is 53.4 Å². The first-order valence-electron chi connectivity index (χ1n) is 9.75. The number of piperidine rings is 1. The van der Waals surface area contributed by atoms with E-state index in [1.54, 1.807) is 12.1 Å². The van der Waals surface area contributed by atoms with Gasteiger partial charge in [-0.15, -0.1) is 0 Å². The van der Waals surface area contributed by atoms with E-state index < -0.39 is 10.0 Å². The largest absolute Gasteiger partial charge is 0.494 e. The Hall–Kier alpha value is -2.58. The second-order valence-electron chi connectivity index (χ2n) is 6.99. The molecule has 1 saturated heterocycles. The van der Waals surface area contributed by atoms with Crippen LogP contribution < -0.4 is 15.4 Å². The molecule has 1 aliphatic heterocycles. The molecule has 2 N–H and O–H groups in total. The van der Waals surface area contributed by atoms with Gasteiger partial charge in [0.2, 0.25) is 15.9 Å². The van der Waals surface area contributed by atoms with Crippen molar-refractivity contribution >= 4 is 27.3 Å². The monoisotopic (exact) mass is 417 g/mol. The molecule has 29 heavy (non-hydrogen) atoms. The molecule has 1 heterocycles. The van der Waals surface area contributed by atoms with Crippen LogP contribution in [-0.2, 0) is 14.8 Å². The standard InChI is InChI=1S/C21H27N3O4S/c1-3-28-20-8-4-18(5-9-20)23-19-12-14-24(15-13-19)29(26,27)21-10-6-17(7-11-21)22-16(2)25/h4-11,19,23H,3,12-15H2,1-2H3,(H,22,25). The molecule has 2 aromatic carbocycles. The van der Waals surface area contributed by atoms with Crippen LogP contribution >= 0.6 is 0 Å². The van der Waals surface area contributed by atoms with Crippen LogP contribution in [0, 0.1) is 0 Å². The van der Waals surface area contributed by atoms with Gasteiger partial charge in [-0.2, -0.15) is 4.31 Å². The molecule has 0 unspecified atom stereocenters. The van der Waals surface area contributed by atoms with E-state index in [1.807, 2.05) is 31.2 Å². The van der Waals surface area contributed by atoms with Crippen LogP contribution in [0.2, 0.25) is 0 Å². The molecule has 1 amide bonds. The van der Waals surface area contributed by atoms with Gasteiger partial charge in [0.1, 0.15) is 5.75 Å². The van der Waals surface area contributed by atoms with E-state index in [1.165, 1.54) is 23.4 Å². The van der Waals surface area contributed by atoms with Gasteiger partial charge in [-0.3, -0.25) is 4.79 Å². The Labute approximate surface area is 172 Å². The number of sulfonamides is 1. The van der Waals surface area contributed by atoms with E-state index in [9.17, 15) is 13.2 Å². The van der Waals surface area contributed by atoms with E-state index in [4.69, 9.17) is 4.74 Å². The van der Waals surface area contributed by atoms with E-state index in [-0.39, 0.29) is 16.8 Å². The van der Waals surface area contributed by atoms with Gasteiger partial charge in [0.25, 0.3) is 0 Å². The maximum atomic E-state index is 12.9. The Morgan fingerprint density at radius 3 is 2.17 bits per heavy atom. The van der Waals surface area contributed by atoms with Crippen molar-refractivity contribution in [3.05, 3.63) is 48.5 Å². The van der Waals surface area contributed by atoms with Gasteiger partial charge in [-0.1, -0.05) is 0 Å². The second kappa shape index (κ2) is 9.28. The molecule has 0 aromatic heterocycles. The minimum absolute atomic E-state index is 0.192. The van der Waals surface area contributed by atoms with Crippen molar-refractivity contribution in [2.45, 2.75) is 37.6 Å². The summed E-state index contributed by atoms with van der Waals surface area (Å²) in [5, 5.41) is 6.11. The number of ether oxygens (including phenoxy) is 1. The average molecular weight is 418 g/mol. The summed E-state index contributed by atoms with van der Waals surface area (Å²) in [6.45, 7) is 4.92. The highest BCUT2D eigenvalue weighted by Crippen LogP contribution is 2.24. The average Bonchev–Trinajstić information content (AvgIpc) is 2.70. The number of hydrogen-bond acceptors (Lipinski definition) is 5. The van der Waals surface area contributed by atoms with Crippen molar-refractivity contribution in [1.29, 1.82) is 0 Å². The molecule has 0 saturated carbocycles. The molecule has 0 atom stereocenters. The summed E-state index contributed by atoms with van der Waals surface area (Å²) in [5.74, 6) is 0.645. The number of amides is 1. The van der Waals surface area contributed by atoms with Crippen molar-refractivity contribution in [3.63, 3.8) is 0 Å². The van der Waals surface area contributed by atoms with Gasteiger partial charge in [0, 0.05) is 37.4 Å². The first-order valence-corrected chi connectivity index (χ1v) is 11.2. The Bertz CT molecular complexity index is 919. The summed E-state index contributed by atoms with van der Waals surface area (Å²) in [5.41, 5.74) is 1.58. The Morgan fingerprint density at radius 1 is 1.03 bits per heavy atom. The number of carbonyl (C=O) groups is 1. The first-order chi connectivity index (χ1) is 13.9. The summed E-state index contributed by atoms with van der Waals surface area (Å²) in [6, 6.07) is 14.3. The predicted molar refractivity (Wildman–Crippen MR) is 114 cm³/mol. The third-order valence-corrected chi connectivity index (χ3v) is 6.72. The smallest absolute Gasteiger partial charge is 0.243 e. The third-order valence-electron chi connectivity index (χ3n) is 4.80. The Balaban J connectivity index is 1.57. The molecule has 156 valence electrons. The molecule has 3 rings (SSSR count). The molecule has 1 fully saturated rings. The van der Waals surface area contributed by atoms with Crippen molar-refractivity contribution in [3.8, 4) is 5.75 Å². The van der Waals surface area contributed by atoms with Crippen LogP contribution in [0.25, 0.3) is 0 Å². The summed E-state index contributed by atoms with van der Waals surface area (Å²) in [7, 11) is -3.54. The van der Waals surface area contributed by atoms with E-state index >= 15 is 0 Å². The zero-order valence-corrected chi connectivity index (χ0v) is 17.5. The van der Waals surface area contributed by atoms with Crippen molar-refractivity contribution in [2.75, 3.05) is 30.3 Å². The molecule has 7 nitrogen and oxygen atoms in total. The van der Waals surface area contributed by atoms with Crippen LogP contribution in [0.4, 0.5) is 11.4 Å². The summed E-state index contributed by atoms with van der Waals surface area (Å²) in [6.07, 6.45) is 1.47. The molecule has 8 heteroatoms. The molecule has 2 aromatic rings. The number of nitrogens with one attached hydrogen (secondary N) is 2. The molecule has 0 radical (unpaired) electrons. The van der Waals surface area contributed by atoms with Gasteiger partial charge in [-0.05, 0) is 68.3 Å². The Kier molecular flexibility index (Phi) is 6.76. The predicted octanol–water partition coefficient (Wildman–Crippen LogP) is 3.31. The first kappa shape index (κ1) is 21.1. The number of benzene rings is 2. The molecule has 0 bridgehead atoms. The minimum atomic E-state index is -3.54. The van der Waals surface area contributed by atoms with Crippen LogP contribution in [0.1, 0.15) is 26.7 Å². The number of nitrogens with zero attached hydrogens (tertiary/aromatic N) is 1. The SMILES string of the molecule is CCOc1ccc(NC2CCN(S(=O)(=O)c3ccc(NC(C)=O)cc3)CC2)cc1. The van der Waals surface area contributed by atoms with Crippen molar-refractivity contribution in [1.82, 2.24) is 4.31 Å². The van der Waals surface area contributed by atoms with Gasteiger partial charge < -0.3 is 15.4 Å². The highest BCUT2D eigenvalue weighted by atomic mass is 32.2. The van der Waals surface area contributed by atoms with Gasteiger partial charge in [0.05, 0.1) is 11.5 Å². The van der Waals surface area contributed by atoms with Crippen molar-refractivity contribution in [2.24, 2.45) is 0 Å². The highest BCUT2D eigenvalue weighted by molar-refractivity contribution is 7.89. The lowest BCUT2D eigenvalue weighted by Crippen LogP contribution is -2.42. The lowest BCUT2D eigenvalue weighted by Gasteiger charge is -2.32. The van der Waals surface area contributed by atoms with Crippen LogP contribution in [0.3, 0.4) is 0 Å². The number of hydrogen-bond donors (Lipinski definition) is 2.